The average molecular weight is 475 g/mol. The van der Waals surface area contributed by atoms with Crippen molar-refractivity contribution in [1.29, 1.82) is 0 Å². The van der Waals surface area contributed by atoms with Gasteiger partial charge in [0, 0.05) is 43.7 Å². The van der Waals surface area contributed by atoms with E-state index in [4.69, 9.17) is 14.5 Å². The molecular weight excluding hydrogens is 444 g/mol. The zero-order chi connectivity index (χ0) is 24.5. The van der Waals surface area contributed by atoms with Crippen LogP contribution in [0.15, 0.2) is 48.8 Å². The van der Waals surface area contributed by atoms with Gasteiger partial charge in [-0.05, 0) is 32.3 Å². The van der Waals surface area contributed by atoms with Crippen molar-refractivity contribution in [2.45, 2.75) is 0 Å². The number of imidazole rings is 1. The van der Waals surface area contributed by atoms with Crippen LogP contribution in [0, 0.1) is 0 Å². The predicted molar refractivity (Wildman–Crippen MR) is 137 cm³/mol. The van der Waals surface area contributed by atoms with Crippen LogP contribution in [0.2, 0.25) is 0 Å². The van der Waals surface area contributed by atoms with E-state index in [0.29, 0.717) is 31.1 Å². The van der Waals surface area contributed by atoms with Gasteiger partial charge < -0.3 is 24.2 Å². The minimum absolute atomic E-state index is 0.173. The molecule has 1 saturated heterocycles. The van der Waals surface area contributed by atoms with Crippen LogP contribution in [0.1, 0.15) is 0 Å². The lowest BCUT2D eigenvalue weighted by Crippen LogP contribution is -2.50. The number of ether oxygens (including phenoxy) is 2. The summed E-state index contributed by atoms with van der Waals surface area (Å²) in [6.45, 7) is 3.39. The monoisotopic (exact) mass is 474 g/mol. The molecule has 2 aromatic carbocycles. The highest BCUT2D eigenvalue weighted by atomic mass is 16.5. The summed E-state index contributed by atoms with van der Waals surface area (Å²) in [6, 6.07) is 14.1. The number of para-hydroxylation sites is 1. The third kappa shape index (κ3) is 4.35. The minimum atomic E-state index is 0.173. The molecule has 0 radical (unpaired) electrons. The number of piperazine rings is 1. The summed E-state index contributed by atoms with van der Waals surface area (Å²) in [5.41, 5.74) is 3.70. The number of anilines is 1. The standard InChI is InChI=1S/C26H30N6O3/c1-29(2)16-25(33)31-12-10-30(11-13-31)20-7-5-6-18-8-9-24(28-26(18)20)32-17-27-19-14-22(34-3)23(35-4)15-21(19)32/h5-9,14-15,17H,10-13,16H2,1-4H3. The molecule has 0 spiro atoms. The van der Waals surface area contributed by atoms with E-state index < -0.39 is 0 Å². The fourth-order valence-electron chi connectivity index (χ4n) is 4.60. The van der Waals surface area contributed by atoms with Crippen LogP contribution in [0.5, 0.6) is 11.5 Å². The Balaban J connectivity index is 1.47. The van der Waals surface area contributed by atoms with Gasteiger partial charge in [-0.2, -0.15) is 0 Å². The van der Waals surface area contributed by atoms with Gasteiger partial charge in [-0.3, -0.25) is 9.36 Å². The Morgan fingerprint density at radius 2 is 1.74 bits per heavy atom. The van der Waals surface area contributed by atoms with Crippen molar-refractivity contribution in [3.8, 4) is 17.3 Å². The van der Waals surface area contributed by atoms with Gasteiger partial charge in [-0.1, -0.05) is 12.1 Å². The number of rotatable bonds is 6. The fraction of sp³-hybridized carbons (Fsp3) is 0.346. The first kappa shape index (κ1) is 22.9. The van der Waals surface area contributed by atoms with Gasteiger partial charge in [0.25, 0.3) is 0 Å². The molecule has 35 heavy (non-hydrogen) atoms. The Morgan fingerprint density at radius 3 is 2.46 bits per heavy atom. The molecule has 182 valence electrons. The summed E-state index contributed by atoms with van der Waals surface area (Å²) in [4.78, 5) is 28.2. The number of benzene rings is 2. The lowest BCUT2D eigenvalue weighted by molar-refractivity contribution is -0.132. The van der Waals surface area contributed by atoms with Crippen molar-refractivity contribution in [3.05, 3.63) is 48.8 Å². The topological polar surface area (TPSA) is 76.0 Å². The number of nitrogens with zero attached hydrogens (tertiary/aromatic N) is 6. The third-order valence-corrected chi connectivity index (χ3v) is 6.41. The summed E-state index contributed by atoms with van der Waals surface area (Å²) < 4.78 is 12.9. The predicted octanol–water partition coefficient (Wildman–Crippen LogP) is 2.80. The number of methoxy groups -OCH3 is 2. The number of pyridine rings is 1. The number of amides is 1. The molecule has 2 aromatic heterocycles. The quantitative estimate of drug-likeness (QED) is 0.425. The van der Waals surface area contributed by atoms with E-state index in [9.17, 15) is 4.79 Å². The number of fused-ring (bicyclic) bond motifs is 2. The number of hydrogen-bond donors (Lipinski definition) is 0. The number of carbonyl (C=O) groups is 1. The van der Waals surface area contributed by atoms with E-state index in [1.807, 2.05) is 46.7 Å². The molecule has 0 saturated carbocycles. The summed E-state index contributed by atoms with van der Waals surface area (Å²) in [7, 11) is 7.08. The van der Waals surface area contributed by atoms with Crippen molar-refractivity contribution in [2.24, 2.45) is 0 Å². The van der Waals surface area contributed by atoms with Crippen LogP contribution in [-0.4, -0.2) is 91.3 Å². The van der Waals surface area contributed by atoms with E-state index in [2.05, 4.69) is 34.1 Å². The molecule has 1 fully saturated rings. The molecule has 4 aromatic rings. The maximum absolute atomic E-state index is 12.5. The van der Waals surface area contributed by atoms with E-state index in [-0.39, 0.29) is 5.91 Å². The van der Waals surface area contributed by atoms with Crippen molar-refractivity contribution in [2.75, 3.05) is 65.9 Å². The summed E-state index contributed by atoms with van der Waals surface area (Å²) in [5.74, 6) is 2.23. The van der Waals surface area contributed by atoms with Crippen molar-refractivity contribution in [3.63, 3.8) is 0 Å². The first-order valence-corrected chi connectivity index (χ1v) is 11.6. The minimum Gasteiger partial charge on any atom is -0.493 e. The largest absolute Gasteiger partial charge is 0.493 e. The highest BCUT2D eigenvalue weighted by molar-refractivity contribution is 5.92. The molecule has 0 aliphatic carbocycles. The van der Waals surface area contributed by atoms with Crippen molar-refractivity contribution in [1.82, 2.24) is 24.3 Å². The first-order chi connectivity index (χ1) is 17.0. The first-order valence-electron chi connectivity index (χ1n) is 11.6. The molecule has 9 nitrogen and oxygen atoms in total. The smallest absolute Gasteiger partial charge is 0.236 e. The molecule has 5 rings (SSSR count). The molecule has 0 unspecified atom stereocenters. The van der Waals surface area contributed by atoms with Gasteiger partial charge in [-0.15, -0.1) is 0 Å². The van der Waals surface area contributed by atoms with Crippen molar-refractivity contribution < 1.29 is 14.3 Å². The highest BCUT2D eigenvalue weighted by Crippen LogP contribution is 2.33. The molecule has 0 atom stereocenters. The van der Waals surface area contributed by atoms with Crippen LogP contribution >= 0.6 is 0 Å². The van der Waals surface area contributed by atoms with Gasteiger partial charge in [0.05, 0.1) is 43.0 Å². The SMILES string of the molecule is COc1cc2ncn(-c3ccc4cccc(N5CCN(C(=O)CN(C)C)CC5)c4n3)c2cc1OC. The summed E-state index contributed by atoms with van der Waals surface area (Å²) >= 11 is 0. The maximum atomic E-state index is 12.5. The van der Waals surface area contributed by atoms with Gasteiger partial charge >= 0.3 is 0 Å². The zero-order valence-corrected chi connectivity index (χ0v) is 20.6. The Labute approximate surface area is 204 Å². The maximum Gasteiger partial charge on any atom is 0.236 e. The number of hydrogen-bond acceptors (Lipinski definition) is 7. The van der Waals surface area contributed by atoms with E-state index >= 15 is 0 Å². The van der Waals surface area contributed by atoms with Gasteiger partial charge in [0.2, 0.25) is 5.91 Å². The van der Waals surface area contributed by atoms with Gasteiger partial charge in [-0.25, -0.2) is 9.97 Å². The van der Waals surface area contributed by atoms with Gasteiger partial charge in [0.1, 0.15) is 12.1 Å². The molecule has 0 N–H and O–H groups in total. The zero-order valence-electron chi connectivity index (χ0n) is 20.6. The van der Waals surface area contributed by atoms with Crippen LogP contribution in [0.25, 0.3) is 27.8 Å². The van der Waals surface area contributed by atoms with Crippen LogP contribution in [0.4, 0.5) is 5.69 Å². The van der Waals surface area contributed by atoms with E-state index in [1.54, 1.807) is 20.5 Å². The number of aromatic nitrogens is 3. The Kier molecular flexibility index (Phi) is 6.17. The number of likely N-dealkylation sites (N-methyl/N-ethyl adjacent to an activating group) is 1. The van der Waals surface area contributed by atoms with E-state index in [0.717, 1.165) is 46.5 Å². The van der Waals surface area contributed by atoms with Gasteiger partial charge in [0.15, 0.2) is 11.5 Å². The molecular formula is C26H30N6O3. The Bertz CT molecular complexity index is 1370. The second-order valence-electron chi connectivity index (χ2n) is 8.93. The van der Waals surface area contributed by atoms with Crippen LogP contribution < -0.4 is 14.4 Å². The molecule has 9 heteroatoms. The highest BCUT2D eigenvalue weighted by Gasteiger charge is 2.23. The number of carbonyl (C=O) groups excluding carboxylic acids is 1. The Morgan fingerprint density at radius 1 is 1.00 bits per heavy atom. The van der Waals surface area contributed by atoms with Crippen LogP contribution in [-0.2, 0) is 4.79 Å². The normalized spacial score (nSPS) is 14.2. The van der Waals surface area contributed by atoms with Crippen molar-refractivity contribution >= 4 is 33.5 Å². The lowest BCUT2D eigenvalue weighted by Gasteiger charge is -2.36. The molecule has 1 amide bonds. The van der Waals surface area contributed by atoms with Crippen LogP contribution in [0.3, 0.4) is 0 Å². The lowest BCUT2D eigenvalue weighted by atomic mass is 10.1. The average Bonchev–Trinajstić information content (AvgIpc) is 3.29. The second kappa shape index (κ2) is 9.42. The Hall–Kier alpha value is -3.85. The second-order valence-corrected chi connectivity index (χ2v) is 8.93. The summed E-state index contributed by atoms with van der Waals surface area (Å²) in [6.07, 6.45) is 1.77. The summed E-state index contributed by atoms with van der Waals surface area (Å²) in [5, 5.41) is 1.07. The third-order valence-electron chi connectivity index (χ3n) is 6.41. The molecule has 1 aliphatic rings. The fourth-order valence-corrected chi connectivity index (χ4v) is 4.60. The molecule has 1 aliphatic heterocycles. The molecule has 0 bridgehead atoms. The molecule has 3 heterocycles. The van der Waals surface area contributed by atoms with E-state index in [1.165, 1.54) is 0 Å².